The Morgan fingerprint density at radius 2 is 2.21 bits per heavy atom. The third-order valence-corrected chi connectivity index (χ3v) is 4.68. The number of pyridine rings is 1. The molecule has 1 amide bonds. The number of hydrogen-bond acceptors (Lipinski definition) is 6. The maximum Gasteiger partial charge on any atom is 0.415 e. The fraction of sp³-hybridized carbons (Fsp3) is 0.222. The quantitative estimate of drug-likeness (QED) is 0.679. The molecule has 1 aromatic carbocycles. The summed E-state index contributed by atoms with van der Waals surface area (Å²) in [5.41, 5.74) is 0.211. The highest BCUT2D eigenvalue weighted by molar-refractivity contribution is 6.35. The summed E-state index contributed by atoms with van der Waals surface area (Å²) in [4.78, 5) is 36.5. The molecule has 4 rings (SSSR count). The average molecular weight is 404 g/mol. The van der Waals surface area contributed by atoms with Gasteiger partial charge >= 0.3 is 6.09 Å². The second-order valence-corrected chi connectivity index (χ2v) is 6.52. The summed E-state index contributed by atoms with van der Waals surface area (Å²) in [6, 6.07) is 7.32. The Morgan fingerprint density at radius 1 is 1.36 bits per heavy atom. The molecule has 0 radical (unpaired) electrons. The molecule has 8 nitrogen and oxygen atoms in total. The largest absolute Gasteiger partial charge is 0.447 e. The molecule has 1 saturated heterocycles. The van der Waals surface area contributed by atoms with Crippen molar-refractivity contribution in [3.63, 3.8) is 0 Å². The Kier molecular flexibility index (Phi) is 4.82. The number of H-pyrrole nitrogens is 1. The molecule has 144 valence electrons. The van der Waals surface area contributed by atoms with Crippen LogP contribution < -0.4 is 15.8 Å². The number of nitrogens with one attached hydrogen (secondary N) is 2. The van der Waals surface area contributed by atoms with Gasteiger partial charge in [0.15, 0.2) is 0 Å². The van der Waals surface area contributed by atoms with E-state index < -0.39 is 24.4 Å². The van der Waals surface area contributed by atoms with Gasteiger partial charge in [-0.15, -0.1) is 0 Å². The maximum absolute atomic E-state index is 13.8. The van der Waals surface area contributed by atoms with Crippen LogP contribution in [0.3, 0.4) is 0 Å². The van der Waals surface area contributed by atoms with Gasteiger partial charge in [-0.3, -0.25) is 9.69 Å². The van der Waals surface area contributed by atoms with Crippen LogP contribution >= 0.6 is 11.6 Å². The number of nitrogens with zero attached hydrogens (tertiary/aromatic N) is 3. The van der Waals surface area contributed by atoms with E-state index in [0.717, 1.165) is 0 Å². The second-order valence-electron chi connectivity index (χ2n) is 6.11. The highest BCUT2D eigenvalue weighted by Crippen LogP contribution is 2.24. The van der Waals surface area contributed by atoms with Crippen molar-refractivity contribution in [3.8, 4) is 0 Å². The van der Waals surface area contributed by atoms with Crippen LogP contribution in [-0.2, 0) is 4.74 Å². The maximum atomic E-state index is 13.8. The van der Waals surface area contributed by atoms with Crippen molar-refractivity contribution < 1.29 is 13.9 Å². The Labute approximate surface area is 163 Å². The zero-order chi connectivity index (χ0) is 19.7. The van der Waals surface area contributed by atoms with Gasteiger partial charge in [-0.2, -0.15) is 4.98 Å². The molecule has 10 heteroatoms. The number of benzene rings is 1. The van der Waals surface area contributed by atoms with Crippen molar-refractivity contribution in [2.45, 2.75) is 6.04 Å². The molecule has 2 aromatic heterocycles. The number of para-hydroxylation sites is 1. The lowest BCUT2D eigenvalue weighted by Gasteiger charge is -2.17. The SMILES string of the molecule is O=C1OCCN1c1ccnc(NC(CF)c2cc3cccc(Cl)c3[nH]c2=O)n1. The van der Waals surface area contributed by atoms with Crippen LogP contribution in [0.2, 0.25) is 5.02 Å². The number of fused-ring (bicyclic) bond motifs is 1. The number of ether oxygens (including phenoxy) is 1. The smallest absolute Gasteiger partial charge is 0.415 e. The predicted octanol–water partition coefficient (Wildman–Crippen LogP) is 3.05. The van der Waals surface area contributed by atoms with Crippen LogP contribution in [-0.4, -0.2) is 40.9 Å². The minimum absolute atomic E-state index is 0.0884. The number of anilines is 2. The van der Waals surface area contributed by atoms with Crippen LogP contribution in [0.1, 0.15) is 11.6 Å². The molecule has 3 heterocycles. The van der Waals surface area contributed by atoms with Gasteiger partial charge in [0.05, 0.1) is 23.1 Å². The van der Waals surface area contributed by atoms with E-state index in [1.54, 1.807) is 30.3 Å². The number of cyclic esters (lactones) is 1. The highest BCUT2D eigenvalue weighted by Gasteiger charge is 2.25. The lowest BCUT2D eigenvalue weighted by molar-refractivity contribution is 0.181. The molecule has 1 atom stereocenters. The van der Waals surface area contributed by atoms with Crippen LogP contribution in [0.5, 0.6) is 0 Å². The summed E-state index contributed by atoms with van der Waals surface area (Å²) in [6.45, 7) is -0.227. The molecule has 1 unspecified atom stereocenters. The molecule has 1 fully saturated rings. The first kappa shape index (κ1) is 18.2. The fourth-order valence-electron chi connectivity index (χ4n) is 3.00. The summed E-state index contributed by atoms with van der Waals surface area (Å²) >= 11 is 6.09. The van der Waals surface area contributed by atoms with E-state index in [0.29, 0.717) is 28.3 Å². The van der Waals surface area contributed by atoms with Crippen molar-refractivity contribution in [1.82, 2.24) is 15.0 Å². The molecule has 0 aliphatic carbocycles. The van der Waals surface area contributed by atoms with Gasteiger partial charge in [-0.05, 0) is 18.2 Å². The van der Waals surface area contributed by atoms with Crippen molar-refractivity contribution >= 4 is 40.4 Å². The number of aromatic amines is 1. The lowest BCUT2D eigenvalue weighted by Crippen LogP contribution is -2.26. The molecule has 0 spiro atoms. The first-order valence-corrected chi connectivity index (χ1v) is 8.86. The molecule has 0 bridgehead atoms. The number of amides is 1. The van der Waals surface area contributed by atoms with Crippen molar-refractivity contribution in [2.75, 3.05) is 30.0 Å². The average Bonchev–Trinajstić information content (AvgIpc) is 3.13. The molecule has 1 aliphatic rings. The van der Waals surface area contributed by atoms with Gasteiger partial charge in [-0.25, -0.2) is 14.2 Å². The van der Waals surface area contributed by atoms with Gasteiger partial charge in [-0.1, -0.05) is 23.7 Å². The van der Waals surface area contributed by atoms with E-state index in [2.05, 4.69) is 20.3 Å². The van der Waals surface area contributed by atoms with Crippen LogP contribution in [0.25, 0.3) is 10.9 Å². The van der Waals surface area contributed by atoms with E-state index in [1.165, 1.54) is 11.1 Å². The Balaban J connectivity index is 1.65. The van der Waals surface area contributed by atoms with Gasteiger partial charge in [0.2, 0.25) is 5.95 Å². The van der Waals surface area contributed by atoms with Gasteiger partial charge in [0.1, 0.15) is 19.1 Å². The van der Waals surface area contributed by atoms with E-state index in [4.69, 9.17) is 16.3 Å². The standard InChI is InChI=1S/C18H15ClFN5O3/c19-12-3-1-2-10-8-11(16(26)24-15(10)12)13(9-20)22-17-21-5-4-14(23-17)25-6-7-28-18(25)27/h1-5,8,13H,6-7,9H2,(H,24,26)(H,21,22,23). The Hall–Kier alpha value is -3.20. The zero-order valence-electron chi connectivity index (χ0n) is 14.5. The monoisotopic (exact) mass is 403 g/mol. The molecule has 3 aromatic rings. The number of halogens is 2. The molecular weight excluding hydrogens is 389 g/mol. The zero-order valence-corrected chi connectivity index (χ0v) is 15.2. The normalized spacial score (nSPS) is 14.9. The van der Waals surface area contributed by atoms with Crippen LogP contribution in [0.15, 0.2) is 41.3 Å². The van der Waals surface area contributed by atoms with Crippen LogP contribution in [0.4, 0.5) is 21.0 Å². The van der Waals surface area contributed by atoms with E-state index in [-0.39, 0.29) is 18.1 Å². The molecule has 1 aliphatic heterocycles. The van der Waals surface area contributed by atoms with Crippen molar-refractivity contribution in [3.05, 3.63) is 57.5 Å². The molecular formula is C18H15ClFN5O3. The van der Waals surface area contributed by atoms with Gasteiger partial charge in [0.25, 0.3) is 5.56 Å². The number of aromatic nitrogens is 3. The van der Waals surface area contributed by atoms with E-state index in [9.17, 15) is 14.0 Å². The second kappa shape index (κ2) is 7.43. The number of carbonyl (C=O) groups is 1. The summed E-state index contributed by atoms with van der Waals surface area (Å²) in [6.07, 6.45) is 0.935. The number of carbonyl (C=O) groups excluding carboxylic acids is 1. The minimum atomic E-state index is -0.979. The third kappa shape index (κ3) is 3.36. The topological polar surface area (TPSA) is 100 Å². The van der Waals surface area contributed by atoms with E-state index in [1.807, 2.05) is 0 Å². The predicted molar refractivity (Wildman–Crippen MR) is 103 cm³/mol. The summed E-state index contributed by atoms with van der Waals surface area (Å²) in [5, 5.41) is 3.89. The number of alkyl halides is 1. The minimum Gasteiger partial charge on any atom is -0.447 e. The third-order valence-electron chi connectivity index (χ3n) is 4.37. The number of rotatable bonds is 5. The Morgan fingerprint density at radius 3 is 2.96 bits per heavy atom. The first-order chi connectivity index (χ1) is 13.6. The van der Waals surface area contributed by atoms with Gasteiger partial charge in [0, 0.05) is 17.1 Å². The fourth-order valence-corrected chi connectivity index (χ4v) is 3.23. The summed E-state index contributed by atoms with van der Waals surface area (Å²) < 4.78 is 18.7. The first-order valence-electron chi connectivity index (χ1n) is 8.48. The number of hydrogen-bond donors (Lipinski definition) is 2. The summed E-state index contributed by atoms with van der Waals surface area (Å²) in [7, 11) is 0. The molecule has 2 N–H and O–H groups in total. The van der Waals surface area contributed by atoms with Crippen LogP contribution in [0, 0.1) is 0 Å². The lowest BCUT2D eigenvalue weighted by atomic mass is 10.1. The van der Waals surface area contributed by atoms with E-state index >= 15 is 0 Å². The van der Waals surface area contributed by atoms with Crippen molar-refractivity contribution in [1.29, 1.82) is 0 Å². The molecule has 0 saturated carbocycles. The molecule has 28 heavy (non-hydrogen) atoms. The highest BCUT2D eigenvalue weighted by atomic mass is 35.5. The summed E-state index contributed by atoms with van der Waals surface area (Å²) in [5.74, 6) is 0.419. The van der Waals surface area contributed by atoms with Crippen molar-refractivity contribution in [2.24, 2.45) is 0 Å². The van der Waals surface area contributed by atoms with Gasteiger partial charge < -0.3 is 15.0 Å². The Bertz CT molecular complexity index is 1110.